The van der Waals surface area contributed by atoms with Crippen molar-refractivity contribution in [1.29, 1.82) is 0 Å². The second-order valence-corrected chi connectivity index (χ2v) is 8.22. The third-order valence-electron chi connectivity index (χ3n) is 5.55. The highest BCUT2D eigenvalue weighted by Gasteiger charge is 2.35. The molecule has 3 heterocycles. The van der Waals surface area contributed by atoms with Crippen LogP contribution in [0.3, 0.4) is 0 Å². The number of carbonyl (C=O) groups is 1. The number of benzene rings is 1. The molecule has 0 saturated carbocycles. The van der Waals surface area contributed by atoms with Gasteiger partial charge in [0.2, 0.25) is 5.95 Å². The number of nitrogens with one attached hydrogen (secondary N) is 2. The minimum atomic E-state index is -4.38. The molecule has 2 amide bonds. The lowest BCUT2D eigenvalue weighted by atomic mass is 10.0. The first-order valence-electron chi connectivity index (χ1n) is 10.5. The predicted octanol–water partition coefficient (Wildman–Crippen LogP) is 4.41. The van der Waals surface area contributed by atoms with E-state index < -0.39 is 11.7 Å². The van der Waals surface area contributed by atoms with Crippen LogP contribution < -0.4 is 15.5 Å². The predicted molar refractivity (Wildman–Crippen MR) is 117 cm³/mol. The van der Waals surface area contributed by atoms with Crippen LogP contribution in [0.5, 0.6) is 0 Å². The summed E-state index contributed by atoms with van der Waals surface area (Å²) in [7, 11) is 0. The van der Waals surface area contributed by atoms with Gasteiger partial charge in [-0.2, -0.15) is 18.2 Å². The molecule has 8 nitrogen and oxygen atoms in total. The monoisotopic (exact) mass is 459 g/mol. The standard InChI is InChI=1S/C22H24F3N7O/c1-13(2)18-10-27-21(33)32(18)19-8-9-26-20(30-19)29-14(3)17-11-31(12-28-17)16-6-4-15(5-7-16)22(23,24)25/h4-9,11-14,18H,10H2,1-3H3,(H,27,33)(H,26,29,30). The zero-order valence-electron chi connectivity index (χ0n) is 18.3. The molecule has 4 rings (SSSR count). The Hall–Kier alpha value is -3.63. The second-order valence-electron chi connectivity index (χ2n) is 8.22. The van der Waals surface area contributed by atoms with Gasteiger partial charge in [-0.25, -0.2) is 14.8 Å². The van der Waals surface area contributed by atoms with Gasteiger partial charge in [-0.15, -0.1) is 0 Å². The third-order valence-corrected chi connectivity index (χ3v) is 5.55. The van der Waals surface area contributed by atoms with E-state index in [4.69, 9.17) is 0 Å². The summed E-state index contributed by atoms with van der Waals surface area (Å²) in [4.78, 5) is 27.1. The van der Waals surface area contributed by atoms with Crippen molar-refractivity contribution in [3.63, 3.8) is 0 Å². The molecule has 1 aliphatic rings. The van der Waals surface area contributed by atoms with Crippen LogP contribution in [0.2, 0.25) is 0 Å². The number of urea groups is 1. The summed E-state index contributed by atoms with van der Waals surface area (Å²) >= 11 is 0. The first-order valence-corrected chi connectivity index (χ1v) is 10.5. The van der Waals surface area contributed by atoms with E-state index in [9.17, 15) is 18.0 Å². The van der Waals surface area contributed by atoms with Gasteiger partial charge in [-0.1, -0.05) is 13.8 Å². The molecule has 2 atom stereocenters. The Morgan fingerprint density at radius 3 is 2.52 bits per heavy atom. The third kappa shape index (κ3) is 4.76. The van der Waals surface area contributed by atoms with Gasteiger partial charge >= 0.3 is 12.2 Å². The van der Waals surface area contributed by atoms with Crippen molar-refractivity contribution in [2.75, 3.05) is 16.8 Å². The fraction of sp³-hybridized carbons (Fsp3) is 0.364. The number of rotatable bonds is 6. The number of halogens is 3. The molecule has 174 valence electrons. The van der Waals surface area contributed by atoms with E-state index in [1.807, 2.05) is 20.8 Å². The Balaban J connectivity index is 1.48. The van der Waals surface area contributed by atoms with Crippen LogP contribution in [0, 0.1) is 5.92 Å². The highest BCUT2D eigenvalue weighted by molar-refractivity contribution is 5.94. The summed E-state index contributed by atoms with van der Waals surface area (Å²) in [6, 6.07) is 6.07. The molecule has 1 aliphatic heterocycles. The maximum Gasteiger partial charge on any atom is 0.416 e. The van der Waals surface area contributed by atoms with Crippen LogP contribution in [0.25, 0.3) is 5.69 Å². The molecule has 1 saturated heterocycles. The number of aromatic nitrogens is 4. The summed E-state index contributed by atoms with van der Waals surface area (Å²) in [6.45, 7) is 6.52. The molecule has 33 heavy (non-hydrogen) atoms. The first kappa shape index (κ1) is 22.6. The van der Waals surface area contributed by atoms with Crippen molar-refractivity contribution < 1.29 is 18.0 Å². The average molecular weight is 459 g/mol. The SMILES string of the molecule is CC(Nc1nccc(N2C(=O)NCC2C(C)C)n1)c1cn(-c2ccc(C(F)(F)F)cc2)cn1. The van der Waals surface area contributed by atoms with Gasteiger partial charge in [-0.3, -0.25) is 4.90 Å². The number of amides is 2. The van der Waals surface area contributed by atoms with E-state index in [0.717, 1.165) is 12.1 Å². The minimum absolute atomic E-state index is 0.00268. The summed E-state index contributed by atoms with van der Waals surface area (Å²) in [5, 5.41) is 6.02. The molecular weight excluding hydrogens is 435 g/mol. The molecule has 0 spiro atoms. The van der Waals surface area contributed by atoms with Crippen LogP contribution in [-0.2, 0) is 6.18 Å². The van der Waals surface area contributed by atoms with Gasteiger partial charge in [0.15, 0.2) is 0 Å². The van der Waals surface area contributed by atoms with E-state index in [-0.39, 0.29) is 24.0 Å². The van der Waals surface area contributed by atoms with Crippen molar-refractivity contribution in [1.82, 2.24) is 24.8 Å². The number of carbonyl (C=O) groups excluding carboxylic acids is 1. The normalized spacial score (nSPS) is 17.4. The van der Waals surface area contributed by atoms with Crippen molar-refractivity contribution >= 4 is 17.8 Å². The van der Waals surface area contributed by atoms with Crippen molar-refractivity contribution in [2.45, 2.75) is 39.0 Å². The van der Waals surface area contributed by atoms with Crippen LogP contribution in [0.1, 0.15) is 38.1 Å². The van der Waals surface area contributed by atoms with Crippen LogP contribution in [-0.4, -0.2) is 38.1 Å². The largest absolute Gasteiger partial charge is 0.416 e. The molecule has 1 aromatic carbocycles. The molecule has 3 aromatic rings. The quantitative estimate of drug-likeness (QED) is 0.570. The van der Waals surface area contributed by atoms with Gasteiger partial charge in [0, 0.05) is 24.6 Å². The Labute approximate surface area is 188 Å². The number of imidazole rings is 1. The highest BCUT2D eigenvalue weighted by Crippen LogP contribution is 2.30. The smallest absolute Gasteiger partial charge is 0.346 e. The minimum Gasteiger partial charge on any atom is -0.346 e. The molecule has 11 heteroatoms. The van der Waals surface area contributed by atoms with Crippen LogP contribution in [0.4, 0.5) is 29.7 Å². The van der Waals surface area contributed by atoms with E-state index in [0.29, 0.717) is 29.7 Å². The molecule has 0 radical (unpaired) electrons. The number of hydrogen-bond donors (Lipinski definition) is 2. The number of alkyl halides is 3. The summed E-state index contributed by atoms with van der Waals surface area (Å²) in [5.74, 6) is 1.10. The van der Waals surface area contributed by atoms with Crippen LogP contribution in [0.15, 0.2) is 49.1 Å². The Morgan fingerprint density at radius 2 is 1.85 bits per heavy atom. The average Bonchev–Trinajstić information content (AvgIpc) is 3.41. The topological polar surface area (TPSA) is 88.0 Å². The zero-order chi connectivity index (χ0) is 23.8. The van der Waals surface area contributed by atoms with Gasteiger partial charge in [-0.05, 0) is 43.2 Å². The Morgan fingerprint density at radius 1 is 1.12 bits per heavy atom. The summed E-state index contributed by atoms with van der Waals surface area (Å²) < 4.78 is 40.0. The van der Waals surface area contributed by atoms with Gasteiger partial charge in [0.1, 0.15) is 5.82 Å². The van der Waals surface area contributed by atoms with E-state index in [1.54, 1.807) is 27.9 Å². The maximum absolute atomic E-state index is 12.8. The molecule has 2 unspecified atom stereocenters. The Bertz CT molecular complexity index is 1130. The highest BCUT2D eigenvalue weighted by atomic mass is 19.4. The number of anilines is 2. The van der Waals surface area contributed by atoms with E-state index in [2.05, 4.69) is 25.6 Å². The lowest BCUT2D eigenvalue weighted by Gasteiger charge is -2.25. The van der Waals surface area contributed by atoms with Crippen molar-refractivity contribution in [3.8, 4) is 5.69 Å². The van der Waals surface area contributed by atoms with E-state index >= 15 is 0 Å². The fourth-order valence-electron chi connectivity index (χ4n) is 3.67. The van der Waals surface area contributed by atoms with Gasteiger partial charge in [0.25, 0.3) is 0 Å². The molecule has 2 N–H and O–H groups in total. The summed E-state index contributed by atoms with van der Waals surface area (Å²) in [6.07, 6.45) is 0.472. The maximum atomic E-state index is 12.8. The van der Waals surface area contributed by atoms with Crippen molar-refractivity contribution in [2.24, 2.45) is 5.92 Å². The Kier molecular flexibility index (Phi) is 5.96. The molecule has 0 aliphatic carbocycles. The van der Waals surface area contributed by atoms with Gasteiger partial charge in [0.05, 0.1) is 29.7 Å². The fourth-order valence-corrected chi connectivity index (χ4v) is 3.67. The lowest BCUT2D eigenvalue weighted by molar-refractivity contribution is -0.137. The first-order chi connectivity index (χ1) is 15.6. The van der Waals surface area contributed by atoms with Crippen molar-refractivity contribution in [3.05, 3.63) is 60.3 Å². The second kappa shape index (κ2) is 8.72. The van der Waals surface area contributed by atoms with Crippen LogP contribution >= 0.6 is 0 Å². The molecular formula is C22H24F3N7O. The van der Waals surface area contributed by atoms with E-state index in [1.165, 1.54) is 18.5 Å². The molecule has 2 aromatic heterocycles. The lowest BCUT2D eigenvalue weighted by Crippen LogP contribution is -2.38. The molecule has 0 bridgehead atoms. The summed E-state index contributed by atoms with van der Waals surface area (Å²) in [5.41, 5.74) is 0.514. The zero-order valence-corrected chi connectivity index (χ0v) is 18.3. The number of hydrogen-bond acceptors (Lipinski definition) is 5. The molecule has 1 fully saturated rings. The van der Waals surface area contributed by atoms with Gasteiger partial charge < -0.3 is 15.2 Å². The number of nitrogens with zero attached hydrogens (tertiary/aromatic N) is 5.